The molecule has 1 aromatic carbocycles. The smallest absolute Gasteiger partial charge is 0.243 e. The molecule has 0 unspecified atom stereocenters. The fourth-order valence-electron chi connectivity index (χ4n) is 2.34. The summed E-state index contributed by atoms with van der Waals surface area (Å²) in [7, 11) is 1.65. The predicted octanol–water partition coefficient (Wildman–Crippen LogP) is 3.58. The second-order valence-electron chi connectivity index (χ2n) is 5.71. The maximum Gasteiger partial charge on any atom is 0.243 e. The summed E-state index contributed by atoms with van der Waals surface area (Å²) in [6.07, 6.45) is 5.74. The van der Waals surface area contributed by atoms with Gasteiger partial charge in [0.15, 0.2) is 0 Å². The molecule has 1 amide bonds. The second-order valence-corrected chi connectivity index (χ2v) is 6.43. The standard InChI is InChI=1S/C17H24N2O5S/c1-13-8-9-14(15(11-13)22-2)12-17-23-19(24-25-17)10-6-4-3-5-7-16(20)18-21/h8-9,11-12,21H,3-7,10H2,1-2H3,(H,18,20)/b17-12-. The summed E-state index contributed by atoms with van der Waals surface area (Å²) < 4.78 is 10.8. The molecule has 0 aliphatic carbocycles. The van der Waals surface area contributed by atoms with Gasteiger partial charge in [-0.2, -0.15) is 4.28 Å². The minimum absolute atomic E-state index is 0.342. The van der Waals surface area contributed by atoms with E-state index in [0.29, 0.717) is 18.1 Å². The largest absolute Gasteiger partial charge is 0.496 e. The monoisotopic (exact) mass is 368 g/mol. The van der Waals surface area contributed by atoms with Gasteiger partial charge in [0.25, 0.3) is 0 Å². The Morgan fingerprint density at radius 2 is 2.16 bits per heavy atom. The van der Waals surface area contributed by atoms with Gasteiger partial charge in [0.2, 0.25) is 11.0 Å². The normalized spacial score (nSPS) is 16.0. The summed E-state index contributed by atoms with van der Waals surface area (Å²) in [6.45, 7) is 2.66. The SMILES string of the molecule is COc1cc(C)ccc1/C=C1/ON(CCCCCCC(=O)NO)OS1. The first-order valence-electron chi connectivity index (χ1n) is 8.22. The van der Waals surface area contributed by atoms with Gasteiger partial charge in [-0.1, -0.05) is 25.0 Å². The number of hydroxylamine groups is 3. The van der Waals surface area contributed by atoms with Crippen molar-refractivity contribution in [3.8, 4) is 5.75 Å². The van der Waals surface area contributed by atoms with Gasteiger partial charge in [-0.05, 0) is 36.6 Å². The third kappa shape index (κ3) is 6.58. The van der Waals surface area contributed by atoms with Gasteiger partial charge < -0.3 is 9.57 Å². The molecule has 0 radical (unpaired) electrons. The molecule has 0 atom stereocenters. The highest BCUT2D eigenvalue weighted by molar-refractivity contribution is 7.98. The molecular formula is C17H24N2O5S. The molecule has 0 spiro atoms. The van der Waals surface area contributed by atoms with Crippen LogP contribution in [0.4, 0.5) is 0 Å². The zero-order valence-corrected chi connectivity index (χ0v) is 15.3. The van der Waals surface area contributed by atoms with Gasteiger partial charge >= 0.3 is 0 Å². The number of nitrogens with zero attached hydrogens (tertiary/aromatic N) is 1. The third-order valence-electron chi connectivity index (χ3n) is 3.68. The lowest BCUT2D eigenvalue weighted by molar-refractivity contribution is -0.259. The Hall–Kier alpha value is -1.74. The number of carbonyl (C=O) groups excluding carboxylic acids is 1. The number of carbonyl (C=O) groups is 1. The number of amides is 1. The van der Waals surface area contributed by atoms with E-state index in [1.807, 2.05) is 31.2 Å². The number of methoxy groups -OCH3 is 1. The van der Waals surface area contributed by atoms with Crippen LogP contribution in [0, 0.1) is 6.92 Å². The minimum atomic E-state index is -0.344. The summed E-state index contributed by atoms with van der Waals surface area (Å²) >= 11 is 1.17. The second kappa shape index (κ2) is 10.3. The molecule has 7 nitrogen and oxygen atoms in total. The topological polar surface area (TPSA) is 80.3 Å². The van der Waals surface area contributed by atoms with Crippen LogP contribution in [0.5, 0.6) is 5.75 Å². The summed E-state index contributed by atoms with van der Waals surface area (Å²) in [5.74, 6) is 0.450. The maximum absolute atomic E-state index is 10.9. The lowest BCUT2D eigenvalue weighted by atomic mass is 10.1. The molecule has 2 rings (SSSR count). The van der Waals surface area contributed by atoms with Gasteiger partial charge in [-0.3, -0.25) is 10.0 Å². The Morgan fingerprint density at radius 3 is 2.92 bits per heavy atom. The van der Waals surface area contributed by atoms with Crippen LogP contribution in [0.2, 0.25) is 0 Å². The Balaban J connectivity index is 1.72. The molecule has 138 valence electrons. The number of ether oxygens (including phenoxy) is 1. The van der Waals surface area contributed by atoms with Crippen molar-refractivity contribution < 1.29 is 23.9 Å². The molecule has 25 heavy (non-hydrogen) atoms. The molecule has 0 aromatic heterocycles. The average Bonchev–Trinajstić information content (AvgIpc) is 3.06. The minimum Gasteiger partial charge on any atom is -0.496 e. The fraction of sp³-hybridized carbons (Fsp3) is 0.471. The molecule has 1 fully saturated rings. The quantitative estimate of drug-likeness (QED) is 0.298. The summed E-state index contributed by atoms with van der Waals surface area (Å²) in [5.41, 5.74) is 3.70. The number of aryl methyl sites for hydroxylation is 1. The Kier molecular flexibility index (Phi) is 8.07. The van der Waals surface area contributed by atoms with Crippen LogP contribution in [0.25, 0.3) is 6.08 Å². The van der Waals surface area contributed by atoms with Crippen molar-refractivity contribution in [3.63, 3.8) is 0 Å². The molecule has 0 saturated carbocycles. The maximum atomic E-state index is 10.9. The molecule has 8 heteroatoms. The first-order valence-corrected chi connectivity index (χ1v) is 8.96. The number of nitrogens with one attached hydrogen (secondary N) is 1. The molecule has 0 bridgehead atoms. The van der Waals surface area contributed by atoms with E-state index in [1.54, 1.807) is 12.6 Å². The number of benzene rings is 1. The van der Waals surface area contributed by atoms with Gasteiger partial charge in [0.05, 0.1) is 25.7 Å². The van der Waals surface area contributed by atoms with Crippen molar-refractivity contribution in [2.24, 2.45) is 0 Å². The fourth-order valence-corrected chi connectivity index (χ4v) is 2.89. The lowest BCUT2D eigenvalue weighted by Crippen LogP contribution is -2.18. The molecular weight excluding hydrogens is 344 g/mol. The van der Waals surface area contributed by atoms with Crippen molar-refractivity contribution in [2.75, 3.05) is 13.7 Å². The first-order chi connectivity index (χ1) is 12.1. The van der Waals surface area contributed by atoms with Crippen LogP contribution in [-0.4, -0.2) is 30.0 Å². The summed E-state index contributed by atoms with van der Waals surface area (Å²) in [6, 6.07) is 5.97. The first kappa shape index (κ1) is 19.6. The van der Waals surface area contributed by atoms with Crippen LogP contribution < -0.4 is 10.2 Å². The molecule has 1 aliphatic heterocycles. The van der Waals surface area contributed by atoms with E-state index in [-0.39, 0.29) is 5.91 Å². The van der Waals surface area contributed by atoms with E-state index in [2.05, 4.69) is 0 Å². The van der Waals surface area contributed by atoms with E-state index in [1.165, 1.54) is 17.3 Å². The van der Waals surface area contributed by atoms with Gasteiger partial charge in [0.1, 0.15) is 5.75 Å². The average molecular weight is 368 g/mol. The third-order valence-corrected chi connectivity index (χ3v) is 4.27. The highest BCUT2D eigenvalue weighted by Gasteiger charge is 2.21. The Morgan fingerprint density at radius 1 is 1.36 bits per heavy atom. The van der Waals surface area contributed by atoms with Crippen molar-refractivity contribution in [1.82, 2.24) is 10.7 Å². The van der Waals surface area contributed by atoms with E-state index in [0.717, 1.165) is 42.6 Å². The zero-order valence-electron chi connectivity index (χ0n) is 14.5. The van der Waals surface area contributed by atoms with Crippen LogP contribution in [0.3, 0.4) is 0 Å². The van der Waals surface area contributed by atoms with Crippen molar-refractivity contribution in [3.05, 3.63) is 34.4 Å². The highest BCUT2D eigenvalue weighted by Crippen LogP contribution is 2.33. The van der Waals surface area contributed by atoms with Crippen molar-refractivity contribution >= 4 is 24.0 Å². The van der Waals surface area contributed by atoms with Gasteiger partial charge in [-0.15, -0.1) is 0 Å². The number of hydrogen-bond acceptors (Lipinski definition) is 7. The van der Waals surface area contributed by atoms with Crippen LogP contribution in [0.15, 0.2) is 23.3 Å². The summed E-state index contributed by atoms with van der Waals surface area (Å²) in [4.78, 5) is 16.5. The van der Waals surface area contributed by atoms with E-state index < -0.39 is 0 Å². The van der Waals surface area contributed by atoms with Crippen LogP contribution in [0.1, 0.15) is 43.2 Å². The highest BCUT2D eigenvalue weighted by atomic mass is 32.2. The zero-order chi connectivity index (χ0) is 18.1. The van der Waals surface area contributed by atoms with Crippen LogP contribution >= 0.6 is 12.0 Å². The van der Waals surface area contributed by atoms with Gasteiger partial charge in [-0.25, -0.2) is 5.48 Å². The van der Waals surface area contributed by atoms with Crippen LogP contribution in [-0.2, 0) is 13.9 Å². The molecule has 1 heterocycles. The van der Waals surface area contributed by atoms with Gasteiger partial charge in [0, 0.05) is 18.1 Å². The number of rotatable bonds is 9. The Bertz CT molecular complexity index is 609. The molecule has 1 aromatic rings. The molecule has 1 aliphatic rings. The summed E-state index contributed by atoms with van der Waals surface area (Å²) in [5, 5.41) is 10.5. The van der Waals surface area contributed by atoms with Crippen molar-refractivity contribution in [2.45, 2.75) is 39.0 Å². The Labute approximate surface area is 152 Å². The van der Waals surface area contributed by atoms with E-state index >= 15 is 0 Å². The van der Waals surface area contributed by atoms with E-state index in [4.69, 9.17) is 19.1 Å². The molecule has 1 saturated heterocycles. The van der Waals surface area contributed by atoms with Crippen molar-refractivity contribution in [1.29, 1.82) is 0 Å². The lowest BCUT2D eigenvalue weighted by Gasteiger charge is -2.10. The molecule has 2 N–H and O–H groups in total. The van der Waals surface area contributed by atoms with E-state index in [9.17, 15) is 4.79 Å². The predicted molar refractivity (Wildman–Crippen MR) is 95.2 cm³/mol. The number of unbranched alkanes of at least 4 members (excludes halogenated alkanes) is 3. The number of hydrogen-bond donors (Lipinski definition) is 2.